The molecular formula is C14H21N3O. The maximum atomic E-state index is 12.2. The van der Waals surface area contributed by atoms with Gasteiger partial charge in [-0.3, -0.25) is 9.78 Å². The van der Waals surface area contributed by atoms with E-state index in [0.717, 1.165) is 18.5 Å². The van der Waals surface area contributed by atoms with Crippen LogP contribution >= 0.6 is 0 Å². The third-order valence-electron chi connectivity index (χ3n) is 3.24. The topological polar surface area (TPSA) is 59.2 Å². The zero-order chi connectivity index (χ0) is 12.8. The number of hydrogen-bond acceptors (Lipinski definition) is 3. The average molecular weight is 247 g/mol. The first-order valence-corrected chi connectivity index (χ1v) is 6.66. The molecule has 18 heavy (non-hydrogen) atoms. The van der Waals surface area contributed by atoms with E-state index in [4.69, 9.17) is 5.73 Å². The van der Waals surface area contributed by atoms with Gasteiger partial charge in [0, 0.05) is 31.9 Å². The summed E-state index contributed by atoms with van der Waals surface area (Å²) < 4.78 is 0. The van der Waals surface area contributed by atoms with E-state index in [1.807, 2.05) is 23.2 Å². The molecule has 0 saturated heterocycles. The molecule has 1 saturated carbocycles. The Balaban J connectivity index is 1.92. The van der Waals surface area contributed by atoms with Crippen LogP contribution in [0.4, 0.5) is 0 Å². The Morgan fingerprint density at radius 3 is 2.94 bits per heavy atom. The minimum Gasteiger partial charge on any atom is -0.338 e. The molecule has 1 heterocycles. The molecular weight excluding hydrogens is 226 g/mol. The molecule has 1 fully saturated rings. The largest absolute Gasteiger partial charge is 0.338 e. The second-order valence-electron chi connectivity index (χ2n) is 4.97. The standard InChI is InChI=1S/C14H21N3O/c15-6-2-8-17(14(18)9-12-4-5-12)11-13-3-1-7-16-10-13/h1,3,7,10,12H,2,4-6,8-9,11,15H2. The lowest BCUT2D eigenvalue weighted by atomic mass is 10.2. The molecule has 4 heteroatoms. The fraction of sp³-hybridized carbons (Fsp3) is 0.571. The van der Waals surface area contributed by atoms with Crippen molar-refractivity contribution in [2.45, 2.75) is 32.2 Å². The summed E-state index contributed by atoms with van der Waals surface area (Å²) in [7, 11) is 0. The summed E-state index contributed by atoms with van der Waals surface area (Å²) >= 11 is 0. The van der Waals surface area contributed by atoms with Crippen LogP contribution in [0.25, 0.3) is 0 Å². The summed E-state index contributed by atoms with van der Waals surface area (Å²) in [6, 6.07) is 3.91. The fourth-order valence-corrected chi connectivity index (χ4v) is 1.98. The number of aromatic nitrogens is 1. The quantitative estimate of drug-likeness (QED) is 0.795. The minimum atomic E-state index is 0.259. The van der Waals surface area contributed by atoms with Crippen LogP contribution in [0.3, 0.4) is 0 Å². The molecule has 0 atom stereocenters. The Morgan fingerprint density at radius 1 is 1.50 bits per heavy atom. The van der Waals surface area contributed by atoms with E-state index in [1.165, 1.54) is 12.8 Å². The molecule has 0 radical (unpaired) electrons. The summed E-state index contributed by atoms with van der Waals surface area (Å²) in [5.74, 6) is 0.890. The molecule has 0 unspecified atom stereocenters. The molecule has 4 nitrogen and oxygen atoms in total. The van der Waals surface area contributed by atoms with Gasteiger partial charge in [-0.15, -0.1) is 0 Å². The van der Waals surface area contributed by atoms with Crippen LogP contribution < -0.4 is 5.73 Å². The van der Waals surface area contributed by atoms with Crippen LogP contribution in [0, 0.1) is 5.92 Å². The van der Waals surface area contributed by atoms with Gasteiger partial charge in [0.1, 0.15) is 0 Å². The van der Waals surface area contributed by atoms with Crippen LogP contribution in [-0.2, 0) is 11.3 Å². The summed E-state index contributed by atoms with van der Waals surface area (Å²) in [6.07, 6.45) is 7.55. The molecule has 1 aliphatic carbocycles. The van der Waals surface area contributed by atoms with Crippen LogP contribution in [-0.4, -0.2) is 28.9 Å². The number of pyridine rings is 1. The maximum absolute atomic E-state index is 12.2. The van der Waals surface area contributed by atoms with E-state index in [2.05, 4.69) is 4.98 Å². The van der Waals surface area contributed by atoms with Crippen LogP contribution in [0.15, 0.2) is 24.5 Å². The van der Waals surface area contributed by atoms with Gasteiger partial charge >= 0.3 is 0 Å². The van der Waals surface area contributed by atoms with Gasteiger partial charge in [-0.05, 0) is 43.4 Å². The number of hydrogen-bond donors (Lipinski definition) is 1. The normalized spacial score (nSPS) is 14.5. The van der Waals surface area contributed by atoms with E-state index in [-0.39, 0.29) is 5.91 Å². The van der Waals surface area contributed by atoms with Crippen molar-refractivity contribution in [1.82, 2.24) is 9.88 Å². The highest BCUT2D eigenvalue weighted by Gasteiger charge is 2.26. The monoisotopic (exact) mass is 247 g/mol. The number of carbonyl (C=O) groups is 1. The molecule has 0 bridgehead atoms. The molecule has 1 aromatic heterocycles. The predicted octanol–water partition coefficient (Wildman–Crippen LogP) is 1.56. The third-order valence-corrected chi connectivity index (χ3v) is 3.24. The van der Waals surface area contributed by atoms with E-state index < -0.39 is 0 Å². The van der Waals surface area contributed by atoms with Crippen LogP contribution in [0.2, 0.25) is 0 Å². The molecule has 1 amide bonds. The third kappa shape index (κ3) is 4.11. The van der Waals surface area contributed by atoms with Crippen molar-refractivity contribution in [3.63, 3.8) is 0 Å². The van der Waals surface area contributed by atoms with Crippen LogP contribution in [0.5, 0.6) is 0 Å². The Hall–Kier alpha value is -1.42. The number of nitrogens with zero attached hydrogens (tertiary/aromatic N) is 2. The molecule has 0 aromatic carbocycles. The number of carbonyl (C=O) groups excluding carboxylic acids is 1. The Labute approximate surface area is 108 Å². The van der Waals surface area contributed by atoms with Gasteiger partial charge in [-0.1, -0.05) is 6.07 Å². The van der Waals surface area contributed by atoms with Gasteiger partial charge < -0.3 is 10.6 Å². The van der Waals surface area contributed by atoms with Crippen molar-refractivity contribution in [2.24, 2.45) is 11.7 Å². The number of amides is 1. The number of rotatable bonds is 7. The van der Waals surface area contributed by atoms with Gasteiger partial charge in [0.25, 0.3) is 0 Å². The van der Waals surface area contributed by atoms with E-state index in [0.29, 0.717) is 25.4 Å². The van der Waals surface area contributed by atoms with Crippen LogP contribution in [0.1, 0.15) is 31.2 Å². The van der Waals surface area contributed by atoms with Crippen molar-refractivity contribution in [3.05, 3.63) is 30.1 Å². The average Bonchev–Trinajstić information content (AvgIpc) is 3.19. The van der Waals surface area contributed by atoms with E-state index in [9.17, 15) is 4.79 Å². The highest BCUT2D eigenvalue weighted by molar-refractivity contribution is 5.76. The van der Waals surface area contributed by atoms with Gasteiger partial charge in [0.2, 0.25) is 5.91 Å². The zero-order valence-corrected chi connectivity index (χ0v) is 10.7. The molecule has 1 aliphatic rings. The van der Waals surface area contributed by atoms with Crippen molar-refractivity contribution in [1.29, 1.82) is 0 Å². The summed E-state index contributed by atoms with van der Waals surface area (Å²) in [5, 5.41) is 0. The Morgan fingerprint density at radius 2 is 2.33 bits per heavy atom. The molecule has 98 valence electrons. The second-order valence-corrected chi connectivity index (χ2v) is 4.97. The molecule has 0 spiro atoms. The van der Waals surface area contributed by atoms with Crippen molar-refractivity contribution >= 4 is 5.91 Å². The first kappa shape index (κ1) is 13.0. The van der Waals surface area contributed by atoms with Crippen molar-refractivity contribution in [2.75, 3.05) is 13.1 Å². The van der Waals surface area contributed by atoms with Gasteiger partial charge in [0.05, 0.1) is 0 Å². The zero-order valence-electron chi connectivity index (χ0n) is 10.7. The van der Waals surface area contributed by atoms with Gasteiger partial charge in [-0.2, -0.15) is 0 Å². The summed E-state index contributed by atoms with van der Waals surface area (Å²) in [5.41, 5.74) is 6.62. The Kier molecular flexibility index (Phi) is 4.70. The SMILES string of the molecule is NCCCN(Cc1cccnc1)C(=O)CC1CC1. The van der Waals surface area contributed by atoms with Crippen molar-refractivity contribution < 1.29 is 4.79 Å². The lowest BCUT2D eigenvalue weighted by Crippen LogP contribution is -2.32. The summed E-state index contributed by atoms with van der Waals surface area (Å²) in [6.45, 7) is 2.02. The first-order valence-electron chi connectivity index (χ1n) is 6.66. The lowest BCUT2D eigenvalue weighted by Gasteiger charge is -2.22. The predicted molar refractivity (Wildman–Crippen MR) is 70.7 cm³/mol. The first-order chi connectivity index (χ1) is 8.79. The highest BCUT2D eigenvalue weighted by atomic mass is 16.2. The Bertz CT molecular complexity index is 376. The minimum absolute atomic E-state index is 0.259. The van der Waals surface area contributed by atoms with E-state index in [1.54, 1.807) is 6.20 Å². The number of nitrogens with two attached hydrogens (primary N) is 1. The van der Waals surface area contributed by atoms with Gasteiger partial charge in [-0.25, -0.2) is 0 Å². The molecule has 2 rings (SSSR count). The van der Waals surface area contributed by atoms with Crippen molar-refractivity contribution in [3.8, 4) is 0 Å². The molecule has 1 aromatic rings. The molecule has 0 aliphatic heterocycles. The van der Waals surface area contributed by atoms with E-state index >= 15 is 0 Å². The lowest BCUT2D eigenvalue weighted by molar-refractivity contribution is -0.132. The summed E-state index contributed by atoms with van der Waals surface area (Å²) in [4.78, 5) is 18.2. The molecule has 2 N–H and O–H groups in total. The van der Waals surface area contributed by atoms with Gasteiger partial charge in [0.15, 0.2) is 0 Å². The maximum Gasteiger partial charge on any atom is 0.223 e. The second kappa shape index (κ2) is 6.50. The smallest absolute Gasteiger partial charge is 0.223 e. The highest BCUT2D eigenvalue weighted by Crippen LogP contribution is 2.33. The fourth-order valence-electron chi connectivity index (χ4n) is 1.98.